The van der Waals surface area contributed by atoms with Crippen LogP contribution in [0.2, 0.25) is 0 Å². The zero-order valence-corrected chi connectivity index (χ0v) is 12.7. The van der Waals surface area contributed by atoms with Crippen LogP contribution < -0.4 is 4.90 Å². The molecule has 1 saturated heterocycles. The molecule has 0 bridgehead atoms. The van der Waals surface area contributed by atoms with E-state index in [0.717, 1.165) is 19.5 Å². The lowest BCUT2D eigenvalue weighted by molar-refractivity contribution is -0.145. The van der Waals surface area contributed by atoms with Crippen molar-refractivity contribution in [2.24, 2.45) is 11.8 Å². The zero-order chi connectivity index (χ0) is 14.5. The minimum absolute atomic E-state index is 0.0139. The lowest BCUT2D eigenvalue weighted by Crippen LogP contribution is -2.22. The number of carbonyl (C=O) groups excluding carboxylic acids is 1. The van der Waals surface area contributed by atoms with Crippen LogP contribution in [-0.4, -0.2) is 25.7 Å². The van der Waals surface area contributed by atoms with Crippen LogP contribution in [0.15, 0.2) is 30.3 Å². The highest BCUT2D eigenvalue weighted by molar-refractivity contribution is 5.69. The molecule has 3 heteroatoms. The largest absolute Gasteiger partial charge is 0.465 e. The molecule has 1 aliphatic carbocycles. The summed E-state index contributed by atoms with van der Waals surface area (Å²) in [6.07, 6.45) is 6.74. The highest BCUT2D eigenvalue weighted by atomic mass is 16.5. The van der Waals surface area contributed by atoms with Gasteiger partial charge in [0.15, 0.2) is 0 Å². The molecule has 1 atom stereocenters. The van der Waals surface area contributed by atoms with Crippen molar-refractivity contribution < 1.29 is 9.53 Å². The first-order valence-corrected chi connectivity index (χ1v) is 8.27. The molecule has 21 heavy (non-hydrogen) atoms. The third-order valence-electron chi connectivity index (χ3n) is 4.82. The highest BCUT2D eigenvalue weighted by Gasteiger charge is 2.25. The third-order valence-corrected chi connectivity index (χ3v) is 4.82. The summed E-state index contributed by atoms with van der Waals surface area (Å²) < 4.78 is 5.51. The molecular formula is C18H25NO2. The van der Waals surface area contributed by atoms with Gasteiger partial charge in [0.25, 0.3) is 0 Å². The van der Waals surface area contributed by atoms with Crippen molar-refractivity contribution in [3.63, 3.8) is 0 Å². The molecule has 0 N–H and O–H groups in total. The van der Waals surface area contributed by atoms with Crippen LogP contribution in [0.5, 0.6) is 0 Å². The van der Waals surface area contributed by atoms with E-state index in [1.54, 1.807) is 0 Å². The van der Waals surface area contributed by atoms with E-state index in [1.807, 2.05) is 6.07 Å². The molecule has 2 aliphatic rings. The van der Waals surface area contributed by atoms with Crippen molar-refractivity contribution in [2.75, 3.05) is 24.6 Å². The maximum Gasteiger partial charge on any atom is 0.306 e. The number of benzene rings is 1. The Morgan fingerprint density at radius 3 is 2.62 bits per heavy atom. The molecule has 3 rings (SSSR count). The third kappa shape index (κ3) is 3.99. The van der Waals surface area contributed by atoms with Crippen molar-refractivity contribution in [1.82, 2.24) is 0 Å². The summed E-state index contributed by atoms with van der Waals surface area (Å²) in [6, 6.07) is 10.5. The number of para-hydroxylation sites is 1. The fourth-order valence-electron chi connectivity index (χ4n) is 3.56. The predicted octanol–water partition coefficient (Wildman–Crippen LogP) is 3.64. The SMILES string of the molecule is O=C(CC1CCCC1)OCC1CCN(c2ccccc2)C1. The normalized spacial score (nSPS) is 22.7. The molecule has 0 spiro atoms. The first-order chi connectivity index (χ1) is 10.3. The molecule has 1 aromatic carbocycles. The second kappa shape index (κ2) is 6.97. The summed E-state index contributed by atoms with van der Waals surface area (Å²) in [6.45, 7) is 2.66. The van der Waals surface area contributed by atoms with E-state index in [1.165, 1.54) is 31.4 Å². The standard InChI is InChI=1S/C18H25NO2/c20-18(12-15-6-4-5-7-15)21-14-16-10-11-19(13-16)17-8-2-1-3-9-17/h1-3,8-9,15-16H,4-7,10-14H2. The molecule has 1 aromatic rings. The number of hydrogen-bond donors (Lipinski definition) is 0. The molecule has 1 saturated carbocycles. The van der Waals surface area contributed by atoms with Crippen molar-refractivity contribution in [3.05, 3.63) is 30.3 Å². The Kier molecular flexibility index (Phi) is 4.79. The zero-order valence-electron chi connectivity index (χ0n) is 12.7. The van der Waals surface area contributed by atoms with E-state index in [9.17, 15) is 4.79 Å². The molecule has 0 radical (unpaired) electrons. The van der Waals surface area contributed by atoms with E-state index in [-0.39, 0.29) is 5.97 Å². The van der Waals surface area contributed by atoms with E-state index in [0.29, 0.717) is 24.9 Å². The van der Waals surface area contributed by atoms with Gasteiger partial charge in [-0.25, -0.2) is 0 Å². The summed E-state index contributed by atoms with van der Waals surface area (Å²) >= 11 is 0. The topological polar surface area (TPSA) is 29.5 Å². The lowest BCUT2D eigenvalue weighted by Gasteiger charge is -2.18. The maximum atomic E-state index is 11.9. The molecule has 0 aromatic heterocycles. The summed E-state index contributed by atoms with van der Waals surface area (Å²) in [7, 11) is 0. The number of nitrogens with zero attached hydrogens (tertiary/aromatic N) is 1. The lowest BCUT2D eigenvalue weighted by atomic mass is 10.0. The van der Waals surface area contributed by atoms with E-state index in [4.69, 9.17) is 4.74 Å². The van der Waals surface area contributed by atoms with Gasteiger partial charge in [0.1, 0.15) is 0 Å². The Bertz CT molecular complexity index is 454. The molecule has 2 fully saturated rings. The second-order valence-corrected chi connectivity index (χ2v) is 6.47. The highest BCUT2D eigenvalue weighted by Crippen LogP contribution is 2.28. The second-order valence-electron chi connectivity index (χ2n) is 6.47. The summed E-state index contributed by atoms with van der Waals surface area (Å²) in [5.41, 5.74) is 1.28. The monoisotopic (exact) mass is 287 g/mol. The summed E-state index contributed by atoms with van der Waals surface area (Å²) in [5, 5.41) is 0. The molecule has 3 nitrogen and oxygen atoms in total. The molecule has 1 aliphatic heterocycles. The average molecular weight is 287 g/mol. The number of hydrogen-bond acceptors (Lipinski definition) is 3. The Morgan fingerprint density at radius 1 is 1.10 bits per heavy atom. The van der Waals surface area contributed by atoms with Gasteiger partial charge in [0.2, 0.25) is 0 Å². The Morgan fingerprint density at radius 2 is 1.86 bits per heavy atom. The fraction of sp³-hybridized carbons (Fsp3) is 0.611. The summed E-state index contributed by atoms with van der Waals surface area (Å²) in [5.74, 6) is 1.08. The van der Waals surface area contributed by atoms with Crippen molar-refractivity contribution >= 4 is 11.7 Å². The van der Waals surface area contributed by atoms with Crippen molar-refractivity contribution in [2.45, 2.75) is 38.5 Å². The smallest absolute Gasteiger partial charge is 0.306 e. The fourth-order valence-corrected chi connectivity index (χ4v) is 3.56. The molecule has 1 heterocycles. The number of ether oxygens (including phenoxy) is 1. The van der Waals surface area contributed by atoms with Gasteiger partial charge in [-0.05, 0) is 37.3 Å². The van der Waals surface area contributed by atoms with Crippen LogP contribution in [0.3, 0.4) is 0 Å². The van der Waals surface area contributed by atoms with Crippen LogP contribution in [-0.2, 0) is 9.53 Å². The minimum Gasteiger partial charge on any atom is -0.465 e. The van der Waals surface area contributed by atoms with Gasteiger partial charge < -0.3 is 9.64 Å². The number of rotatable bonds is 5. The molecule has 0 amide bonds. The quantitative estimate of drug-likeness (QED) is 0.774. The van der Waals surface area contributed by atoms with Crippen LogP contribution in [0.1, 0.15) is 38.5 Å². The van der Waals surface area contributed by atoms with Gasteiger partial charge in [-0.15, -0.1) is 0 Å². The predicted molar refractivity (Wildman–Crippen MR) is 84.3 cm³/mol. The van der Waals surface area contributed by atoms with Crippen LogP contribution >= 0.6 is 0 Å². The van der Waals surface area contributed by atoms with Gasteiger partial charge in [-0.3, -0.25) is 4.79 Å². The maximum absolute atomic E-state index is 11.9. The molecular weight excluding hydrogens is 262 g/mol. The number of anilines is 1. The van der Waals surface area contributed by atoms with Gasteiger partial charge in [0, 0.05) is 31.1 Å². The molecule has 114 valence electrons. The first kappa shape index (κ1) is 14.4. The van der Waals surface area contributed by atoms with Gasteiger partial charge in [0.05, 0.1) is 6.61 Å². The van der Waals surface area contributed by atoms with Crippen LogP contribution in [0.4, 0.5) is 5.69 Å². The van der Waals surface area contributed by atoms with E-state index in [2.05, 4.69) is 29.2 Å². The minimum atomic E-state index is 0.0139. The average Bonchev–Trinajstić information content (AvgIpc) is 3.17. The van der Waals surface area contributed by atoms with Gasteiger partial charge >= 0.3 is 5.97 Å². The first-order valence-electron chi connectivity index (χ1n) is 8.27. The van der Waals surface area contributed by atoms with E-state index < -0.39 is 0 Å². The number of carbonyl (C=O) groups is 1. The Balaban J connectivity index is 1.39. The summed E-state index contributed by atoms with van der Waals surface area (Å²) in [4.78, 5) is 14.3. The Hall–Kier alpha value is -1.51. The van der Waals surface area contributed by atoms with Crippen LogP contribution in [0, 0.1) is 11.8 Å². The van der Waals surface area contributed by atoms with Gasteiger partial charge in [-0.2, -0.15) is 0 Å². The number of esters is 1. The van der Waals surface area contributed by atoms with Gasteiger partial charge in [-0.1, -0.05) is 31.0 Å². The molecule has 1 unspecified atom stereocenters. The Labute approximate surface area is 127 Å². The van der Waals surface area contributed by atoms with Crippen LogP contribution in [0.25, 0.3) is 0 Å². The van der Waals surface area contributed by atoms with E-state index >= 15 is 0 Å². The van der Waals surface area contributed by atoms with Crippen molar-refractivity contribution in [3.8, 4) is 0 Å². The van der Waals surface area contributed by atoms with Crippen molar-refractivity contribution in [1.29, 1.82) is 0 Å².